The summed E-state index contributed by atoms with van der Waals surface area (Å²) in [7, 11) is 0. The van der Waals surface area contributed by atoms with Crippen LogP contribution >= 0.6 is 23.4 Å². The fourth-order valence-electron chi connectivity index (χ4n) is 3.87. The summed E-state index contributed by atoms with van der Waals surface area (Å²) in [6.45, 7) is 2.66. The summed E-state index contributed by atoms with van der Waals surface area (Å²) in [5.41, 5.74) is 5.30. The van der Waals surface area contributed by atoms with Gasteiger partial charge in [-0.05, 0) is 60.7 Å². The summed E-state index contributed by atoms with van der Waals surface area (Å²) in [5.74, 6) is -1.03. The van der Waals surface area contributed by atoms with Gasteiger partial charge in [-0.15, -0.1) is 0 Å². The molecule has 5 rings (SSSR count). The van der Waals surface area contributed by atoms with E-state index in [4.69, 9.17) is 16.0 Å². The van der Waals surface area contributed by atoms with E-state index in [-0.39, 0.29) is 4.91 Å². The minimum atomic E-state index is -1.03. The lowest BCUT2D eigenvalue weighted by atomic mass is 10.1. The highest BCUT2D eigenvalue weighted by atomic mass is 35.5. The Kier molecular flexibility index (Phi) is 5.70. The van der Waals surface area contributed by atoms with Crippen LogP contribution < -0.4 is 0 Å². The highest BCUT2D eigenvalue weighted by Gasteiger charge is 2.18. The molecule has 3 aromatic carbocycles. The van der Waals surface area contributed by atoms with Gasteiger partial charge >= 0.3 is 5.97 Å². The van der Waals surface area contributed by atoms with E-state index in [1.165, 1.54) is 0 Å². The smallest absolute Gasteiger partial charge is 0.342 e. The average Bonchev–Trinajstić information content (AvgIpc) is 3.34. The summed E-state index contributed by atoms with van der Waals surface area (Å²) in [6, 6.07) is 23.1. The maximum absolute atomic E-state index is 12.1. The van der Waals surface area contributed by atoms with Crippen LogP contribution in [0.2, 0.25) is 5.02 Å². The van der Waals surface area contributed by atoms with E-state index < -0.39 is 5.97 Å². The van der Waals surface area contributed by atoms with Crippen LogP contribution in [0.15, 0.2) is 87.3 Å². The predicted octanol–water partition coefficient (Wildman–Crippen LogP) is 7.01. The Morgan fingerprint density at radius 2 is 1.82 bits per heavy atom. The van der Waals surface area contributed by atoms with Crippen LogP contribution in [0.5, 0.6) is 0 Å². The maximum Gasteiger partial charge on any atom is 0.342 e. The highest BCUT2D eigenvalue weighted by molar-refractivity contribution is 8.03. The summed E-state index contributed by atoms with van der Waals surface area (Å²) in [4.78, 5) is 16.7. The van der Waals surface area contributed by atoms with E-state index in [9.17, 15) is 9.90 Å². The third-order valence-corrected chi connectivity index (χ3v) is 6.60. The fraction of sp³-hybridized carbons (Fsp3) is 0.0769. The first-order valence-corrected chi connectivity index (χ1v) is 11.5. The minimum absolute atomic E-state index is 0.138. The number of thioether (sulfide) groups is 1. The number of fused-ring (bicyclic) bond motifs is 2. The fourth-order valence-corrected chi connectivity index (χ4v) is 4.72. The van der Waals surface area contributed by atoms with Crippen molar-refractivity contribution < 1.29 is 14.3 Å². The number of benzene rings is 3. The average molecular weight is 475 g/mol. The van der Waals surface area contributed by atoms with E-state index in [1.54, 1.807) is 6.08 Å². The van der Waals surface area contributed by atoms with Crippen molar-refractivity contribution in [1.82, 2.24) is 9.55 Å². The van der Waals surface area contributed by atoms with E-state index in [0.717, 1.165) is 39.5 Å². The number of aliphatic carboxylic acids is 1. The van der Waals surface area contributed by atoms with Gasteiger partial charge in [-0.2, -0.15) is 0 Å². The molecule has 0 unspecified atom stereocenters. The number of carboxylic acid groups (broad SMARTS) is 1. The van der Waals surface area contributed by atoms with Crippen molar-refractivity contribution in [2.75, 3.05) is 0 Å². The van der Waals surface area contributed by atoms with Crippen molar-refractivity contribution in [3.05, 3.63) is 99.5 Å². The number of aromatic nitrogens is 2. The molecular weight excluding hydrogens is 456 g/mol. The van der Waals surface area contributed by atoms with Crippen LogP contribution in [-0.4, -0.2) is 20.6 Å². The van der Waals surface area contributed by atoms with Gasteiger partial charge in [0.15, 0.2) is 5.58 Å². The Morgan fingerprint density at radius 1 is 1.09 bits per heavy atom. The summed E-state index contributed by atoms with van der Waals surface area (Å²) in [6.07, 6.45) is 1.71. The number of rotatable bonds is 6. The molecule has 7 heteroatoms. The Morgan fingerprint density at radius 3 is 2.58 bits per heavy atom. The number of hydrogen-bond acceptors (Lipinski definition) is 4. The molecule has 0 saturated heterocycles. The number of oxazole rings is 1. The summed E-state index contributed by atoms with van der Waals surface area (Å²) in [5, 5.41) is 11.9. The van der Waals surface area contributed by atoms with Gasteiger partial charge < -0.3 is 14.1 Å². The van der Waals surface area contributed by atoms with Crippen molar-refractivity contribution >= 4 is 57.4 Å². The van der Waals surface area contributed by atoms with Crippen LogP contribution in [0.1, 0.15) is 16.8 Å². The zero-order valence-electron chi connectivity index (χ0n) is 17.7. The number of carboxylic acids is 1. The third kappa shape index (κ3) is 4.27. The van der Waals surface area contributed by atoms with E-state index in [1.807, 2.05) is 79.7 Å². The quantitative estimate of drug-likeness (QED) is 0.212. The molecule has 2 aromatic heterocycles. The van der Waals surface area contributed by atoms with Crippen LogP contribution in [-0.2, 0) is 11.3 Å². The second-order valence-corrected chi connectivity index (χ2v) is 9.02. The Balaban J connectivity index is 1.57. The predicted molar refractivity (Wildman–Crippen MR) is 133 cm³/mol. The molecule has 164 valence electrons. The molecule has 33 heavy (non-hydrogen) atoms. The Bertz CT molecular complexity index is 1480. The Hall–Kier alpha value is -3.48. The number of hydrogen-bond donors (Lipinski definition) is 1. The molecule has 0 saturated carbocycles. The van der Waals surface area contributed by atoms with Crippen molar-refractivity contribution in [3.8, 4) is 0 Å². The first-order chi connectivity index (χ1) is 16.0. The molecule has 0 radical (unpaired) electrons. The van der Waals surface area contributed by atoms with Gasteiger partial charge in [0, 0.05) is 33.7 Å². The van der Waals surface area contributed by atoms with Gasteiger partial charge in [0.25, 0.3) is 5.22 Å². The minimum Gasteiger partial charge on any atom is -0.477 e. The standard InChI is InChI=1S/C26H19ClN2O3S/c1-16-20(14-24(25(30)31)33-26-28-21-7-3-5-9-23(21)32-26)19-6-2-4-8-22(19)29(16)15-17-10-12-18(27)13-11-17/h2-14H,15H2,1H3,(H,30,31)/b24-14-. The molecule has 1 N–H and O–H groups in total. The molecule has 5 aromatic rings. The second-order valence-electron chi connectivity index (χ2n) is 7.59. The van der Waals surface area contributed by atoms with Gasteiger partial charge in [0.05, 0.1) is 0 Å². The zero-order chi connectivity index (χ0) is 22.9. The lowest BCUT2D eigenvalue weighted by Gasteiger charge is -2.09. The second kappa shape index (κ2) is 8.81. The molecule has 0 bridgehead atoms. The van der Waals surface area contributed by atoms with Gasteiger partial charge in [-0.25, -0.2) is 9.78 Å². The van der Waals surface area contributed by atoms with Crippen LogP contribution in [0.25, 0.3) is 28.1 Å². The first-order valence-electron chi connectivity index (χ1n) is 10.3. The molecule has 0 atom stereocenters. The summed E-state index contributed by atoms with van der Waals surface area (Å²) >= 11 is 7.05. The monoisotopic (exact) mass is 474 g/mol. The number of nitrogens with zero attached hydrogens (tertiary/aromatic N) is 2. The van der Waals surface area contributed by atoms with Crippen LogP contribution in [0.3, 0.4) is 0 Å². The van der Waals surface area contributed by atoms with E-state index in [0.29, 0.717) is 27.9 Å². The van der Waals surface area contributed by atoms with Crippen molar-refractivity contribution in [1.29, 1.82) is 0 Å². The van der Waals surface area contributed by atoms with Gasteiger partial charge in [0.1, 0.15) is 10.4 Å². The molecule has 0 fully saturated rings. The van der Waals surface area contributed by atoms with Crippen LogP contribution in [0, 0.1) is 6.92 Å². The van der Waals surface area contributed by atoms with Crippen molar-refractivity contribution in [2.45, 2.75) is 18.7 Å². The number of carbonyl (C=O) groups is 1. The molecule has 2 heterocycles. The zero-order valence-corrected chi connectivity index (χ0v) is 19.2. The molecule has 0 aliphatic rings. The highest BCUT2D eigenvalue weighted by Crippen LogP contribution is 2.34. The van der Waals surface area contributed by atoms with Crippen molar-refractivity contribution in [3.63, 3.8) is 0 Å². The normalized spacial score (nSPS) is 12.0. The van der Waals surface area contributed by atoms with Gasteiger partial charge in [0.2, 0.25) is 0 Å². The summed E-state index contributed by atoms with van der Waals surface area (Å²) < 4.78 is 7.92. The number of para-hydroxylation sites is 3. The maximum atomic E-state index is 12.1. The van der Waals surface area contributed by atoms with E-state index in [2.05, 4.69) is 9.55 Å². The Labute approximate surface area is 199 Å². The first kappa shape index (κ1) is 21.4. The SMILES string of the molecule is Cc1c(/C=C(\Sc2nc3ccccc3o2)C(=O)O)c2ccccc2n1Cc1ccc(Cl)cc1. The van der Waals surface area contributed by atoms with Gasteiger partial charge in [-0.3, -0.25) is 0 Å². The molecule has 0 aliphatic heterocycles. The third-order valence-electron chi connectivity index (χ3n) is 5.49. The van der Waals surface area contributed by atoms with Crippen molar-refractivity contribution in [2.24, 2.45) is 0 Å². The number of halogens is 1. The molecule has 0 aliphatic carbocycles. The molecular formula is C26H19ClN2O3S. The lowest BCUT2D eigenvalue weighted by molar-refractivity contribution is -0.131. The molecule has 5 nitrogen and oxygen atoms in total. The largest absolute Gasteiger partial charge is 0.477 e. The lowest BCUT2D eigenvalue weighted by Crippen LogP contribution is -2.02. The van der Waals surface area contributed by atoms with Crippen LogP contribution in [0.4, 0.5) is 0 Å². The topological polar surface area (TPSA) is 68.3 Å². The van der Waals surface area contributed by atoms with Gasteiger partial charge in [-0.1, -0.05) is 54.1 Å². The molecule has 0 spiro atoms. The van der Waals surface area contributed by atoms with E-state index >= 15 is 0 Å². The molecule has 0 amide bonds.